The molecule has 2 N–H and O–H groups in total. The molecule has 2 aliphatic rings. The van der Waals surface area contributed by atoms with E-state index in [2.05, 4.69) is 24.2 Å². The summed E-state index contributed by atoms with van der Waals surface area (Å²) in [7, 11) is 0. The van der Waals surface area contributed by atoms with E-state index < -0.39 is 0 Å². The Hall–Kier alpha value is -1.06. The molecule has 2 saturated carbocycles. The first kappa shape index (κ1) is 9.49. The molecule has 0 saturated heterocycles. The molecule has 0 unspecified atom stereocenters. The van der Waals surface area contributed by atoms with Gasteiger partial charge in [0.15, 0.2) is 0 Å². The summed E-state index contributed by atoms with van der Waals surface area (Å²) in [5.41, 5.74) is 1.75. The highest BCUT2D eigenvalue weighted by molar-refractivity contribution is 6.09. The zero-order valence-corrected chi connectivity index (χ0v) is 8.73. The quantitative estimate of drug-likeness (QED) is 0.382. The van der Waals surface area contributed by atoms with Gasteiger partial charge in [0.05, 0.1) is 11.4 Å². The van der Waals surface area contributed by atoms with Gasteiger partial charge in [0, 0.05) is 5.92 Å². The fourth-order valence-corrected chi connectivity index (χ4v) is 3.06. The maximum atomic E-state index is 8.84. The first-order chi connectivity index (χ1) is 6.54. The van der Waals surface area contributed by atoms with Crippen LogP contribution in [0.4, 0.5) is 0 Å². The van der Waals surface area contributed by atoms with Crippen LogP contribution in [0.1, 0.15) is 27.2 Å². The Morgan fingerprint density at radius 1 is 1.43 bits per heavy atom. The van der Waals surface area contributed by atoms with Crippen molar-refractivity contribution in [3.63, 3.8) is 0 Å². The molecule has 0 heterocycles. The van der Waals surface area contributed by atoms with E-state index >= 15 is 0 Å². The van der Waals surface area contributed by atoms with Crippen molar-refractivity contribution in [2.45, 2.75) is 27.2 Å². The van der Waals surface area contributed by atoms with E-state index in [-0.39, 0.29) is 5.92 Å². The van der Waals surface area contributed by atoms with Gasteiger partial charge in [0.1, 0.15) is 0 Å². The zero-order chi connectivity index (χ0) is 10.5. The van der Waals surface area contributed by atoms with E-state index in [4.69, 9.17) is 10.4 Å². The molecule has 0 bridgehead atoms. The summed E-state index contributed by atoms with van der Waals surface area (Å²) in [4.78, 5) is 0. The maximum absolute atomic E-state index is 8.84. The van der Waals surface area contributed by atoms with Crippen LogP contribution in [0.15, 0.2) is 10.3 Å². The Kier molecular flexibility index (Phi) is 1.84. The molecule has 0 aliphatic heterocycles. The predicted molar refractivity (Wildman–Crippen MR) is 53.0 cm³/mol. The summed E-state index contributed by atoms with van der Waals surface area (Å²) < 4.78 is 0. The first-order valence-electron chi connectivity index (χ1n) is 4.93. The molecule has 0 aromatic carbocycles. The summed E-state index contributed by atoms with van der Waals surface area (Å²) in [6.07, 6.45) is 0.839. The molecule has 2 rings (SSSR count). The third-order valence-corrected chi connectivity index (χ3v) is 4.02. The molecule has 14 heavy (non-hydrogen) atoms. The number of nitrogens with zero attached hydrogens (tertiary/aromatic N) is 2. The van der Waals surface area contributed by atoms with Crippen LogP contribution in [0.25, 0.3) is 0 Å². The third kappa shape index (κ3) is 0.996. The van der Waals surface area contributed by atoms with Gasteiger partial charge in [-0.25, -0.2) is 0 Å². The molecule has 3 atom stereocenters. The van der Waals surface area contributed by atoms with Crippen LogP contribution in [-0.4, -0.2) is 21.8 Å². The smallest absolute Gasteiger partial charge is 0.0665 e. The third-order valence-electron chi connectivity index (χ3n) is 4.02. The molecule has 2 aliphatic carbocycles. The fourth-order valence-electron chi connectivity index (χ4n) is 3.06. The number of oxime groups is 2. The predicted octanol–water partition coefficient (Wildman–Crippen LogP) is 1.96. The lowest BCUT2D eigenvalue weighted by atomic mass is 9.88. The second-order valence-electron chi connectivity index (χ2n) is 4.97. The van der Waals surface area contributed by atoms with Crippen LogP contribution in [0.2, 0.25) is 0 Å². The molecule has 4 heteroatoms. The SMILES string of the molecule is C/C(=N/O)[C@H]1/C(=N/O)C[C@H]2[C@H]1C2(C)C. The molecule has 0 radical (unpaired) electrons. The average Bonchev–Trinajstić information content (AvgIpc) is 2.57. The van der Waals surface area contributed by atoms with Gasteiger partial charge in [-0.3, -0.25) is 0 Å². The van der Waals surface area contributed by atoms with Crippen LogP contribution in [0.3, 0.4) is 0 Å². The van der Waals surface area contributed by atoms with Crippen LogP contribution in [-0.2, 0) is 0 Å². The lowest BCUT2D eigenvalue weighted by molar-refractivity contribution is 0.308. The molecule has 0 spiro atoms. The van der Waals surface area contributed by atoms with Crippen LogP contribution in [0.5, 0.6) is 0 Å². The highest BCUT2D eigenvalue weighted by Crippen LogP contribution is 2.68. The number of fused-ring (bicyclic) bond motifs is 1. The summed E-state index contributed by atoms with van der Waals surface area (Å²) in [5, 5.41) is 24.2. The van der Waals surface area contributed by atoms with Crippen LogP contribution in [0, 0.1) is 23.2 Å². The number of rotatable bonds is 1. The standard InChI is InChI=1S/C10H16N2O2/c1-5(11-13)8-7(12-14)4-6-9(8)10(6,2)3/h6,8-9,13-14H,4H2,1-3H3/b11-5-,12-7+/t6-,8-,9+/m0/s1. The summed E-state index contributed by atoms with van der Waals surface area (Å²) in [6.45, 7) is 6.22. The number of hydrogen-bond donors (Lipinski definition) is 2. The van der Waals surface area contributed by atoms with Crippen molar-refractivity contribution in [1.29, 1.82) is 0 Å². The Bertz CT molecular complexity index is 320. The minimum atomic E-state index is 0.0463. The van der Waals surface area contributed by atoms with Gasteiger partial charge in [-0.15, -0.1) is 0 Å². The molecule has 0 amide bonds. The van der Waals surface area contributed by atoms with Gasteiger partial charge < -0.3 is 10.4 Å². The zero-order valence-electron chi connectivity index (χ0n) is 8.73. The summed E-state index contributed by atoms with van der Waals surface area (Å²) in [6, 6.07) is 0. The van der Waals surface area contributed by atoms with Crippen LogP contribution >= 0.6 is 0 Å². The number of hydrogen-bond acceptors (Lipinski definition) is 4. The van der Waals surface area contributed by atoms with Gasteiger partial charge in [-0.1, -0.05) is 24.2 Å². The second kappa shape index (κ2) is 2.72. The van der Waals surface area contributed by atoms with Gasteiger partial charge in [0.25, 0.3) is 0 Å². The lowest BCUT2D eigenvalue weighted by Gasteiger charge is -2.17. The van der Waals surface area contributed by atoms with Crippen molar-refractivity contribution < 1.29 is 10.4 Å². The molecule has 0 aromatic heterocycles. The highest BCUT2D eigenvalue weighted by Gasteiger charge is 2.67. The molecular weight excluding hydrogens is 180 g/mol. The molecule has 4 nitrogen and oxygen atoms in total. The van der Waals surface area contributed by atoms with E-state index in [0.717, 1.165) is 12.1 Å². The van der Waals surface area contributed by atoms with Crippen molar-refractivity contribution in [2.24, 2.45) is 33.5 Å². The van der Waals surface area contributed by atoms with E-state index in [1.165, 1.54) is 0 Å². The second-order valence-corrected chi connectivity index (χ2v) is 4.97. The van der Waals surface area contributed by atoms with Gasteiger partial charge in [0.2, 0.25) is 0 Å². The highest BCUT2D eigenvalue weighted by atomic mass is 16.4. The van der Waals surface area contributed by atoms with Gasteiger partial charge in [-0.05, 0) is 30.6 Å². The Morgan fingerprint density at radius 2 is 2.07 bits per heavy atom. The largest absolute Gasteiger partial charge is 0.411 e. The van der Waals surface area contributed by atoms with Crippen molar-refractivity contribution in [2.75, 3.05) is 0 Å². The topological polar surface area (TPSA) is 65.2 Å². The van der Waals surface area contributed by atoms with E-state index in [9.17, 15) is 0 Å². The van der Waals surface area contributed by atoms with Crippen molar-refractivity contribution in [3.05, 3.63) is 0 Å². The Morgan fingerprint density at radius 3 is 2.57 bits per heavy atom. The van der Waals surface area contributed by atoms with Crippen LogP contribution < -0.4 is 0 Å². The normalized spacial score (nSPS) is 42.6. The molecule has 78 valence electrons. The first-order valence-corrected chi connectivity index (χ1v) is 4.93. The van der Waals surface area contributed by atoms with E-state index in [0.29, 0.717) is 23.0 Å². The summed E-state index contributed by atoms with van der Waals surface area (Å²) >= 11 is 0. The monoisotopic (exact) mass is 196 g/mol. The van der Waals surface area contributed by atoms with Crippen molar-refractivity contribution >= 4 is 11.4 Å². The van der Waals surface area contributed by atoms with Gasteiger partial charge >= 0.3 is 0 Å². The Balaban J connectivity index is 2.28. The minimum Gasteiger partial charge on any atom is -0.411 e. The van der Waals surface area contributed by atoms with Crippen molar-refractivity contribution in [1.82, 2.24) is 0 Å². The van der Waals surface area contributed by atoms with E-state index in [1.54, 1.807) is 6.92 Å². The van der Waals surface area contributed by atoms with E-state index in [1.807, 2.05) is 0 Å². The van der Waals surface area contributed by atoms with Gasteiger partial charge in [-0.2, -0.15) is 0 Å². The Labute approximate surface area is 83.3 Å². The molecule has 2 fully saturated rings. The fraction of sp³-hybridized carbons (Fsp3) is 0.800. The lowest BCUT2D eigenvalue weighted by Crippen LogP contribution is -2.24. The average molecular weight is 196 g/mol. The van der Waals surface area contributed by atoms with Crippen molar-refractivity contribution in [3.8, 4) is 0 Å². The minimum absolute atomic E-state index is 0.0463. The maximum Gasteiger partial charge on any atom is 0.0665 e. The molecular formula is C10H16N2O2. The molecule has 0 aromatic rings. The summed E-state index contributed by atoms with van der Waals surface area (Å²) in [5.74, 6) is 1.13.